The Kier molecular flexibility index (Phi) is 6.63. The SMILES string of the molecule is CCOCC(=O)NCCNS(=O)(=O)c1ccc(C)cc1. The van der Waals surface area contributed by atoms with E-state index in [4.69, 9.17) is 4.74 Å². The maximum absolute atomic E-state index is 11.9. The fourth-order valence-corrected chi connectivity index (χ4v) is 2.47. The number of sulfonamides is 1. The van der Waals surface area contributed by atoms with Gasteiger partial charge < -0.3 is 10.1 Å². The third kappa shape index (κ3) is 5.68. The van der Waals surface area contributed by atoms with Gasteiger partial charge in [0.15, 0.2) is 0 Å². The molecule has 0 atom stereocenters. The molecule has 0 aromatic heterocycles. The fourth-order valence-electron chi connectivity index (χ4n) is 1.43. The van der Waals surface area contributed by atoms with Crippen LogP contribution in [0.4, 0.5) is 0 Å². The van der Waals surface area contributed by atoms with Crippen molar-refractivity contribution in [1.29, 1.82) is 0 Å². The van der Waals surface area contributed by atoms with E-state index in [0.29, 0.717) is 6.61 Å². The molecule has 0 spiro atoms. The number of hydrogen-bond donors (Lipinski definition) is 2. The van der Waals surface area contributed by atoms with E-state index in [9.17, 15) is 13.2 Å². The van der Waals surface area contributed by atoms with Crippen molar-refractivity contribution in [3.63, 3.8) is 0 Å². The molecule has 0 aliphatic carbocycles. The monoisotopic (exact) mass is 300 g/mol. The van der Waals surface area contributed by atoms with Crippen molar-refractivity contribution in [1.82, 2.24) is 10.0 Å². The van der Waals surface area contributed by atoms with Gasteiger partial charge in [0, 0.05) is 19.7 Å². The second-order valence-electron chi connectivity index (χ2n) is 4.20. The highest BCUT2D eigenvalue weighted by molar-refractivity contribution is 7.89. The highest BCUT2D eigenvalue weighted by Gasteiger charge is 2.12. The number of carbonyl (C=O) groups is 1. The van der Waals surface area contributed by atoms with Crippen LogP contribution in [0.2, 0.25) is 0 Å². The van der Waals surface area contributed by atoms with Crippen LogP contribution in [0.3, 0.4) is 0 Å². The van der Waals surface area contributed by atoms with E-state index in [-0.39, 0.29) is 30.5 Å². The first-order valence-electron chi connectivity index (χ1n) is 6.36. The zero-order valence-corrected chi connectivity index (χ0v) is 12.5. The normalized spacial score (nSPS) is 11.3. The predicted octanol–water partition coefficient (Wildman–Crippen LogP) is 0.426. The molecule has 0 aliphatic heterocycles. The molecule has 0 unspecified atom stereocenters. The smallest absolute Gasteiger partial charge is 0.246 e. The van der Waals surface area contributed by atoms with Crippen LogP contribution in [0.5, 0.6) is 0 Å². The van der Waals surface area contributed by atoms with Gasteiger partial charge in [-0.05, 0) is 26.0 Å². The van der Waals surface area contributed by atoms with Crippen molar-refractivity contribution >= 4 is 15.9 Å². The van der Waals surface area contributed by atoms with Crippen molar-refractivity contribution in [3.05, 3.63) is 29.8 Å². The van der Waals surface area contributed by atoms with Gasteiger partial charge >= 0.3 is 0 Å². The fraction of sp³-hybridized carbons (Fsp3) is 0.462. The number of benzene rings is 1. The first-order valence-corrected chi connectivity index (χ1v) is 7.85. The Hall–Kier alpha value is -1.44. The van der Waals surface area contributed by atoms with Gasteiger partial charge in [0.25, 0.3) is 0 Å². The Morgan fingerprint density at radius 2 is 1.85 bits per heavy atom. The molecule has 112 valence electrons. The molecule has 1 aromatic rings. The second-order valence-corrected chi connectivity index (χ2v) is 5.96. The van der Waals surface area contributed by atoms with Crippen molar-refractivity contribution in [2.24, 2.45) is 0 Å². The molecule has 7 heteroatoms. The Bertz CT molecular complexity index is 526. The second kappa shape index (κ2) is 7.98. The Morgan fingerprint density at radius 1 is 1.20 bits per heavy atom. The van der Waals surface area contributed by atoms with Gasteiger partial charge in [-0.3, -0.25) is 4.79 Å². The van der Waals surface area contributed by atoms with E-state index in [1.807, 2.05) is 6.92 Å². The first kappa shape index (κ1) is 16.6. The minimum absolute atomic E-state index is 0.0127. The Morgan fingerprint density at radius 3 is 2.45 bits per heavy atom. The van der Waals surface area contributed by atoms with Gasteiger partial charge in [0.1, 0.15) is 6.61 Å². The van der Waals surface area contributed by atoms with Crippen molar-refractivity contribution in [3.8, 4) is 0 Å². The maximum atomic E-state index is 11.9. The molecule has 0 saturated carbocycles. The number of hydrogen-bond acceptors (Lipinski definition) is 4. The molecular formula is C13H20N2O4S. The molecule has 0 radical (unpaired) electrons. The minimum atomic E-state index is -3.52. The largest absolute Gasteiger partial charge is 0.372 e. The average molecular weight is 300 g/mol. The average Bonchev–Trinajstić information content (AvgIpc) is 2.42. The lowest BCUT2D eigenvalue weighted by Gasteiger charge is -2.08. The summed E-state index contributed by atoms with van der Waals surface area (Å²) in [6, 6.07) is 6.56. The van der Waals surface area contributed by atoms with Crippen molar-refractivity contribution < 1.29 is 17.9 Å². The number of carbonyl (C=O) groups excluding carboxylic acids is 1. The molecule has 0 heterocycles. The summed E-state index contributed by atoms with van der Waals surface area (Å²) in [6.45, 7) is 4.49. The van der Waals surface area contributed by atoms with Crippen LogP contribution in [0.1, 0.15) is 12.5 Å². The van der Waals surface area contributed by atoms with Crippen LogP contribution in [0.15, 0.2) is 29.2 Å². The quantitative estimate of drug-likeness (QED) is 0.682. The minimum Gasteiger partial charge on any atom is -0.372 e. The molecule has 1 aromatic carbocycles. The zero-order valence-electron chi connectivity index (χ0n) is 11.7. The number of rotatable bonds is 8. The van der Waals surface area contributed by atoms with E-state index in [1.54, 1.807) is 31.2 Å². The predicted molar refractivity (Wildman–Crippen MR) is 75.9 cm³/mol. The number of nitrogens with one attached hydrogen (secondary N) is 2. The lowest BCUT2D eigenvalue weighted by Crippen LogP contribution is -2.36. The van der Waals surface area contributed by atoms with E-state index in [2.05, 4.69) is 10.0 Å². The van der Waals surface area contributed by atoms with Crippen LogP contribution in [-0.2, 0) is 19.6 Å². The summed E-state index contributed by atoms with van der Waals surface area (Å²) in [7, 11) is -3.52. The maximum Gasteiger partial charge on any atom is 0.246 e. The molecule has 0 bridgehead atoms. The van der Waals surface area contributed by atoms with Crippen LogP contribution in [-0.4, -0.2) is 40.6 Å². The van der Waals surface area contributed by atoms with Crippen LogP contribution in [0, 0.1) is 6.92 Å². The van der Waals surface area contributed by atoms with E-state index < -0.39 is 10.0 Å². The summed E-state index contributed by atoms with van der Waals surface area (Å²) in [4.78, 5) is 11.4. The molecule has 0 aliphatic rings. The van der Waals surface area contributed by atoms with Crippen LogP contribution >= 0.6 is 0 Å². The van der Waals surface area contributed by atoms with Gasteiger partial charge in [-0.25, -0.2) is 13.1 Å². The third-order valence-corrected chi connectivity index (χ3v) is 3.98. The standard InChI is InChI=1S/C13H20N2O4S/c1-3-19-10-13(16)14-8-9-15-20(17,18)12-6-4-11(2)5-7-12/h4-7,15H,3,8-10H2,1-2H3,(H,14,16). The molecule has 2 N–H and O–H groups in total. The summed E-state index contributed by atoms with van der Waals surface area (Å²) >= 11 is 0. The Balaban J connectivity index is 2.37. The molecule has 1 amide bonds. The van der Waals surface area contributed by atoms with Crippen molar-refractivity contribution in [2.45, 2.75) is 18.7 Å². The highest BCUT2D eigenvalue weighted by Crippen LogP contribution is 2.09. The summed E-state index contributed by atoms with van der Waals surface area (Å²) < 4.78 is 31.2. The third-order valence-electron chi connectivity index (χ3n) is 2.51. The van der Waals surface area contributed by atoms with E-state index in [1.165, 1.54) is 0 Å². The number of ether oxygens (including phenoxy) is 1. The van der Waals surface area contributed by atoms with Gasteiger partial charge in [0.05, 0.1) is 4.90 Å². The molecule has 20 heavy (non-hydrogen) atoms. The molecule has 0 fully saturated rings. The molecule has 6 nitrogen and oxygen atoms in total. The Labute approximate surface area is 119 Å². The number of aryl methyl sites for hydroxylation is 1. The van der Waals surface area contributed by atoms with Gasteiger partial charge in [-0.15, -0.1) is 0 Å². The van der Waals surface area contributed by atoms with Crippen LogP contribution in [0.25, 0.3) is 0 Å². The molecule has 0 saturated heterocycles. The summed E-state index contributed by atoms with van der Waals surface area (Å²) in [5, 5.41) is 2.56. The molecule has 1 rings (SSSR count). The summed E-state index contributed by atoms with van der Waals surface area (Å²) in [5.41, 5.74) is 0.993. The summed E-state index contributed by atoms with van der Waals surface area (Å²) in [5.74, 6) is -0.263. The van der Waals surface area contributed by atoms with Gasteiger partial charge in [-0.1, -0.05) is 17.7 Å². The summed E-state index contributed by atoms with van der Waals surface area (Å²) in [6.07, 6.45) is 0. The topological polar surface area (TPSA) is 84.5 Å². The molecular weight excluding hydrogens is 280 g/mol. The van der Waals surface area contributed by atoms with Crippen LogP contribution < -0.4 is 10.0 Å². The zero-order chi connectivity index (χ0) is 15.0. The first-order chi connectivity index (χ1) is 9.45. The lowest BCUT2D eigenvalue weighted by molar-refractivity contribution is -0.125. The van der Waals surface area contributed by atoms with E-state index in [0.717, 1.165) is 5.56 Å². The highest BCUT2D eigenvalue weighted by atomic mass is 32.2. The van der Waals surface area contributed by atoms with Crippen molar-refractivity contribution in [2.75, 3.05) is 26.3 Å². The van der Waals surface area contributed by atoms with E-state index >= 15 is 0 Å². The number of amides is 1. The van der Waals surface area contributed by atoms with Gasteiger partial charge in [0.2, 0.25) is 15.9 Å². The van der Waals surface area contributed by atoms with Gasteiger partial charge in [-0.2, -0.15) is 0 Å². The lowest BCUT2D eigenvalue weighted by atomic mass is 10.2.